The van der Waals surface area contributed by atoms with Crippen LogP contribution in [-0.2, 0) is 11.3 Å². The summed E-state index contributed by atoms with van der Waals surface area (Å²) in [4.78, 5) is 14.5. The van der Waals surface area contributed by atoms with Gasteiger partial charge in [0.2, 0.25) is 5.91 Å². The van der Waals surface area contributed by atoms with E-state index in [1.165, 1.54) is 37.7 Å². The Morgan fingerprint density at radius 2 is 1.75 bits per heavy atom. The summed E-state index contributed by atoms with van der Waals surface area (Å²) >= 11 is 3.55. The summed E-state index contributed by atoms with van der Waals surface area (Å²) in [5.74, 6) is 0.561. The molecular weight excluding hydrogens is 314 g/mol. The van der Waals surface area contributed by atoms with Gasteiger partial charge >= 0.3 is 0 Å². The first-order chi connectivity index (χ1) is 9.68. The van der Waals surface area contributed by atoms with Crippen LogP contribution in [0.3, 0.4) is 0 Å². The van der Waals surface area contributed by atoms with E-state index < -0.39 is 0 Å². The third kappa shape index (κ3) is 4.34. The van der Waals surface area contributed by atoms with Gasteiger partial charge in [0.25, 0.3) is 0 Å². The van der Waals surface area contributed by atoms with E-state index in [1.54, 1.807) is 0 Å². The molecule has 0 N–H and O–H groups in total. The number of amides is 1. The summed E-state index contributed by atoms with van der Waals surface area (Å²) in [5.41, 5.74) is 1.18. The van der Waals surface area contributed by atoms with Gasteiger partial charge in [0, 0.05) is 24.0 Å². The molecule has 0 spiro atoms. The minimum atomic E-state index is 0.239. The molecule has 2 nitrogen and oxygen atoms in total. The first kappa shape index (κ1) is 15.6. The first-order valence-electron chi connectivity index (χ1n) is 7.67. The molecule has 1 saturated carbocycles. The second-order valence-electron chi connectivity index (χ2n) is 5.83. The lowest BCUT2D eigenvalue weighted by atomic mass is 9.90. The number of carbonyl (C=O) groups excluding carboxylic acids is 1. The van der Waals surface area contributed by atoms with E-state index in [2.05, 4.69) is 22.0 Å². The van der Waals surface area contributed by atoms with Gasteiger partial charge in [-0.05, 0) is 24.5 Å². The molecule has 0 unspecified atom stereocenters. The summed E-state index contributed by atoms with van der Waals surface area (Å²) in [6, 6.07) is 8.13. The van der Waals surface area contributed by atoms with Crippen molar-refractivity contribution < 1.29 is 4.79 Å². The molecule has 1 aromatic carbocycles. The average molecular weight is 338 g/mol. The number of benzene rings is 1. The van der Waals surface area contributed by atoms with E-state index in [-0.39, 0.29) is 5.92 Å². The summed E-state index contributed by atoms with van der Waals surface area (Å²) in [7, 11) is 1.93. The number of hydrogen-bond donors (Lipinski definition) is 0. The van der Waals surface area contributed by atoms with Crippen molar-refractivity contribution >= 4 is 21.8 Å². The van der Waals surface area contributed by atoms with Crippen molar-refractivity contribution in [3.05, 3.63) is 34.3 Å². The SMILES string of the molecule is CN(Cc1ccccc1Br)C(=O)C1CCCCCCC1. The van der Waals surface area contributed by atoms with Gasteiger partial charge in [-0.2, -0.15) is 0 Å². The molecule has 2 rings (SSSR count). The predicted molar refractivity (Wildman–Crippen MR) is 86.4 cm³/mol. The molecule has 0 radical (unpaired) electrons. The van der Waals surface area contributed by atoms with Crippen molar-refractivity contribution in [3.63, 3.8) is 0 Å². The Bertz CT molecular complexity index is 438. The minimum Gasteiger partial charge on any atom is -0.341 e. The largest absolute Gasteiger partial charge is 0.341 e. The molecule has 0 heterocycles. The van der Waals surface area contributed by atoms with Crippen LogP contribution in [0.25, 0.3) is 0 Å². The number of rotatable bonds is 3. The summed E-state index contributed by atoms with van der Waals surface area (Å²) in [6.45, 7) is 0.691. The van der Waals surface area contributed by atoms with Crippen LogP contribution in [0, 0.1) is 5.92 Å². The lowest BCUT2D eigenvalue weighted by Crippen LogP contribution is -2.33. The zero-order valence-electron chi connectivity index (χ0n) is 12.3. The molecule has 0 bridgehead atoms. The number of halogens is 1. The first-order valence-corrected chi connectivity index (χ1v) is 8.46. The summed E-state index contributed by atoms with van der Waals surface area (Å²) < 4.78 is 1.08. The Hall–Kier alpha value is -0.830. The minimum absolute atomic E-state index is 0.239. The highest BCUT2D eigenvalue weighted by molar-refractivity contribution is 9.10. The highest BCUT2D eigenvalue weighted by Crippen LogP contribution is 2.25. The number of nitrogens with zero attached hydrogens (tertiary/aromatic N) is 1. The molecular formula is C17H24BrNO. The zero-order valence-corrected chi connectivity index (χ0v) is 13.9. The summed E-state index contributed by atoms with van der Waals surface area (Å²) in [5, 5.41) is 0. The van der Waals surface area contributed by atoms with Crippen molar-refractivity contribution in [2.24, 2.45) is 5.92 Å². The molecule has 1 aliphatic carbocycles. The van der Waals surface area contributed by atoms with E-state index >= 15 is 0 Å². The maximum atomic E-state index is 12.6. The fraction of sp³-hybridized carbons (Fsp3) is 0.588. The van der Waals surface area contributed by atoms with Gasteiger partial charge in [0.05, 0.1) is 0 Å². The van der Waals surface area contributed by atoms with E-state index in [1.807, 2.05) is 30.1 Å². The lowest BCUT2D eigenvalue weighted by molar-refractivity contribution is -0.135. The molecule has 3 heteroatoms. The molecule has 0 saturated heterocycles. The standard InChI is InChI=1S/C17H24BrNO/c1-19(13-15-11-7-8-12-16(15)18)17(20)14-9-5-3-2-4-6-10-14/h7-8,11-12,14H,2-6,9-10,13H2,1H3. The van der Waals surface area contributed by atoms with Gasteiger partial charge in [0.15, 0.2) is 0 Å². The zero-order chi connectivity index (χ0) is 14.4. The fourth-order valence-electron chi connectivity index (χ4n) is 2.97. The van der Waals surface area contributed by atoms with E-state index in [9.17, 15) is 4.79 Å². The van der Waals surface area contributed by atoms with E-state index in [0.717, 1.165) is 17.3 Å². The second kappa shape index (κ2) is 7.82. The van der Waals surface area contributed by atoms with Gasteiger partial charge in [-0.15, -0.1) is 0 Å². The van der Waals surface area contributed by atoms with Crippen LogP contribution in [0.4, 0.5) is 0 Å². The van der Waals surface area contributed by atoms with Crippen molar-refractivity contribution in [2.75, 3.05) is 7.05 Å². The van der Waals surface area contributed by atoms with E-state index in [0.29, 0.717) is 12.5 Å². The molecule has 0 aliphatic heterocycles. The van der Waals surface area contributed by atoms with Crippen LogP contribution in [0.2, 0.25) is 0 Å². The van der Waals surface area contributed by atoms with Gasteiger partial charge in [-0.25, -0.2) is 0 Å². The van der Waals surface area contributed by atoms with Crippen LogP contribution in [0.15, 0.2) is 28.7 Å². The molecule has 20 heavy (non-hydrogen) atoms. The molecule has 1 amide bonds. The Labute approximate surface area is 130 Å². The number of carbonyl (C=O) groups is 1. The number of hydrogen-bond acceptors (Lipinski definition) is 1. The molecule has 110 valence electrons. The molecule has 1 aromatic rings. The average Bonchev–Trinajstić information content (AvgIpc) is 2.40. The maximum Gasteiger partial charge on any atom is 0.225 e. The van der Waals surface area contributed by atoms with Gasteiger partial charge in [-0.3, -0.25) is 4.79 Å². The van der Waals surface area contributed by atoms with Crippen molar-refractivity contribution in [2.45, 2.75) is 51.5 Å². The van der Waals surface area contributed by atoms with Gasteiger partial charge in [-0.1, -0.05) is 66.2 Å². The van der Waals surface area contributed by atoms with Crippen LogP contribution >= 0.6 is 15.9 Å². The topological polar surface area (TPSA) is 20.3 Å². The van der Waals surface area contributed by atoms with Crippen molar-refractivity contribution in [3.8, 4) is 0 Å². The highest BCUT2D eigenvalue weighted by Gasteiger charge is 2.22. The van der Waals surface area contributed by atoms with Crippen LogP contribution in [0.1, 0.15) is 50.5 Å². The van der Waals surface area contributed by atoms with Crippen molar-refractivity contribution in [1.82, 2.24) is 4.90 Å². The molecule has 1 aliphatic rings. The smallest absolute Gasteiger partial charge is 0.225 e. The second-order valence-corrected chi connectivity index (χ2v) is 6.68. The maximum absolute atomic E-state index is 12.6. The molecule has 0 aromatic heterocycles. The fourth-order valence-corrected chi connectivity index (χ4v) is 3.38. The predicted octanol–water partition coefficient (Wildman–Crippen LogP) is 4.77. The monoisotopic (exact) mass is 337 g/mol. The third-order valence-corrected chi connectivity index (χ3v) is 4.97. The summed E-state index contributed by atoms with van der Waals surface area (Å²) in [6.07, 6.45) is 8.47. The molecule has 0 atom stereocenters. The third-order valence-electron chi connectivity index (χ3n) is 4.20. The van der Waals surface area contributed by atoms with Crippen LogP contribution < -0.4 is 0 Å². The normalized spacial score (nSPS) is 17.3. The molecule has 1 fully saturated rings. The van der Waals surface area contributed by atoms with Gasteiger partial charge in [0.1, 0.15) is 0 Å². The highest BCUT2D eigenvalue weighted by atomic mass is 79.9. The van der Waals surface area contributed by atoms with Crippen LogP contribution in [-0.4, -0.2) is 17.9 Å². The Morgan fingerprint density at radius 1 is 1.15 bits per heavy atom. The van der Waals surface area contributed by atoms with Gasteiger partial charge < -0.3 is 4.90 Å². The quantitative estimate of drug-likeness (QED) is 0.777. The Morgan fingerprint density at radius 3 is 2.40 bits per heavy atom. The lowest BCUT2D eigenvalue weighted by Gasteiger charge is -2.25. The van der Waals surface area contributed by atoms with E-state index in [4.69, 9.17) is 0 Å². The Kier molecular flexibility index (Phi) is 6.08. The van der Waals surface area contributed by atoms with Crippen molar-refractivity contribution in [1.29, 1.82) is 0 Å². The Balaban J connectivity index is 1.95. The van der Waals surface area contributed by atoms with Crippen LogP contribution in [0.5, 0.6) is 0 Å².